The molecule has 0 unspecified atom stereocenters. The first-order valence-electron chi connectivity index (χ1n) is 5.64. The van der Waals surface area contributed by atoms with Crippen molar-refractivity contribution in [3.63, 3.8) is 0 Å². The lowest BCUT2D eigenvalue weighted by Crippen LogP contribution is -2.30. The Labute approximate surface area is 96.3 Å². The van der Waals surface area contributed by atoms with Crippen LogP contribution in [0.2, 0.25) is 0 Å². The minimum absolute atomic E-state index is 0.0771. The fraction of sp³-hybridized carbons (Fsp3) is 0.500. The van der Waals surface area contributed by atoms with E-state index < -0.39 is 0 Å². The predicted octanol–water partition coefficient (Wildman–Crippen LogP) is 0.868. The van der Waals surface area contributed by atoms with Gasteiger partial charge in [0.05, 0.1) is 6.04 Å². The molecule has 88 valence electrons. The number of nitrogens with two attached hydrogens (primary N) is 1. The Morgan fingerprint density at radius 2 is 2.38 bits per heavy atom. The van der Waals surface area contributed by atoms with Gasteiger partial charge in [0.1, 0.15) is 6.29 Å². The summed E-state index contributed by atoms with van der Waals surface area (Å²) < 4.78 is 0. The van der Waals surface area contributed by atoms with Crippen LogP contribution in [0.25, 0.3) is 0 Å². The molecule has 1 aromatic heterocycles. The largest absolute Gasteiger partial charge is 0.330 e. The number of aromatic nitrogens is 1. The van der Waals surface area contributed by atoms with Crippen molar-refractivity contribution >= 4 is 6.29 Å². The maximum Gasteiger partial charge on any atom is 0.136 e. The zero-order valence-electron chi connectivity index (χ0n) is 9.43. The second kappa shape index (κ2) is 7.96. The van der Waals surface area contributed by atoms with Crippen LogP contribution in [-0.2, 0) is 11.3 Å². The maximum atomic E-state index is 10.8. The second-order valence-electron chi connectivity index (χ2n) is 3.77. The van der Waals surface area contributed by atoms with Gasteiger partial charge in [-0.25, -0.2) is 0 Å². The van der Waals surface area contributed by atoms with Gasteiger partial charge in [0.25, 0.3) is 0 Å². The van der Waals surface area contributed by atoms with Crippen molar-refractivity contribution in [2.24, 2.45) is 5.73 Å². The van der Waals surface area contributed by atoms with Crippen molar-refractivity contribution in [3.05, 3.63) is 30.1 Å². The number of hydrogen-bond donors (Lipinski definition) is 2. The number of carbonyl (C=O) groups excluding carboxylic acids is 1. The number of pyridine rings is 1. The monoisotopic (exact) mass is 221 g/mol. The SMILES string of the molecule is NCCCC[C@H](C=O)NCc1cccnc1. The molecule has 1 heterocycles. The Morgan fingerprint density at radius 1 is 1.50 bits per heavy atom. The summed E-state index contributed by atoms with van der Waals surface area (Å²) in [5.74, 6) is 0. The number of unbranched alkanes of at least 4 members (excludes halogenated alkanes) is 1. The first-order chi connectivity index (χ1) is 7.86. The second-order valence-corrected chi connectivity index (χ2v) is 3.77. The molecule has 0 aromatic carbocycles. The molecule has 0 saturated carbocycles. The molecule has 1 atom stereocenters. The molecule has 3 N–H and O–H groups in total. The molecule has 4 heteroatoms. The van der Waals surface area contributed by atoms with E-state index in [-0.39, 0.29) is 6.04 Å². The summed E-state index contributed by atoms with van der Waals surface area (Å²) in [7, 11) is 0. The molecule has 4 nitrogen and oxygen atoms in total. The van der Waals surface area contributed by atoms with Crippen molar-refractivity contribution in [3.8, 4) is 0 Å². The summed E-state index contributed by atoms with van der Waals surface area (Å²) in [6.07, 6.45) is 7.31. The van der Waals surface area contributed by atoms with Crippen LogP contribution >= 0.6 is 0 Å². The number of hydrogen-bond acceptors (Lipinski definition) is 4. The lowest BCUT2D eigenvalue weighted by Gasteiger charge is -2.11. The van der Waals surface area contributed by atoms with Gasteiger partial charge in [-0.15, -0.1) is 0 Å². The van der Waals surface area contributed by atoms with Crippen LogP contribution in [0.15, 0.2) is 24.5 Å². The molecule has 0 spiro atoms. The lowest BCUT2D eigenvalue weighted by atomic mass is 10.1. The first-order valence-corrected chi connectivity index (χ1v) is 5.64. The molecule has 0 bridgehead atoms. The van der Waals surface area contributed by atoms with Crippen LogP contribution < -0.4 is 11.1 Å². The molecule has 0 radical (unpaired) electrons. The van der Waals surface area contributed by atoms with Gasteiger partial charge in [-0.1, -0.05) is 12.5 Å². The molecule has 0 aliphatic heterocycles. The molecule has 16 heavy (non-hydrogen) atoms. The predicted molar refractivity (Wildman–Crippen MR) is 63.8 cm³/mol. The van der Waals surface area contributed by atoms with Gasteiger partial charge in [0.15, 0.2) is 0 Å². The molecule has 1 aromatic rings. The molecule has 0 aliphatic rings. The molecule has 0 amide bonds. The highest BCUT2D eigenvalue weighted by Crippen LogP contribution is 2.00. The standard InChI is InChI=1S/C12H19N3O/c13-6-2-1-5-12(10-16)15-9-11-4-3-7-14-8-11/h3-4,7-8,10,12,15H,1-2,5-6,9,13H2/t12-/m1/s1. The fourth-order valence-electron chi connectivity index (χ4n) is 1.48. The van der Waals surface area contributed by atoms with Gasteiger partial charge in [0, 0.05) is 18.9 Å². The molecule has 1 rings (SSSR count). The van der Waals surface area contributed by atoms with Gasteiger partial charge in [0.2, 0.25) is 0 Å². The van der Waals surface area contributed by atoms with Crippen molar-refractivity contribution in [1.29, 1.82) is 0 Å². The summed E-state index contributed by atoms with van der Waals surface area (Å²) in [6.45, 7) is 1.37. The maximum absolute atomic E-state index is 10.8. The zero-order valence-corrected chi connectivity index (χ0v) is 9.43. The van der Waals surface area contributed by atoms with E-state index in [0.717, 1.165) is 31.1 Å². The Hall–Kier alpha value is -1.26. The smallest absolute Gasteiger partial charge is 0.136 e. The van der Waals surface area contributed by atoms with Crippen molar-refractivity contribution < 1.29 is 4.79 Å². The Kier molecular flexibility index (Phi) is 6.37. The van der Waals surface area contributed by atoms with E-state index in [1.165, 1.54) is 0 Å². The summed E-state index contributed by atoms with van der Waals surface area (Å²) in [5, 5.41) is 3.20. The average molecular weight is 221 g/mol. The lowest BCUT2D eigenvalue weighted by molar-refractivity contribution is -0.109. The van der Waals surface area contributed by atoms with Crippen LogP contribution in [0, 0.1) is 0 Å². The number of carbonyl (C=O) groups is 1. The highest BCUT2D eigenvalue weighted by molar-refractivity contribution is 5.57. The van der Waals surface area contributed by atoms with Gasteiger partial charge in [-0.2, -0.15) is 0 Å². The molecular weight excluding hydrogens is 202 g/mol. The van der Waals surface area contributed by atoms with Crippen LogP contribution in [0.4, 0.5) is 0 Å². The van der Waals surface area contributed by atoms with Crippen molar-refractivity contribution in [2.45, 2.75) is 31.8 Å². The van der Waals surface area contributed by atoms with Gasteiger partial charge in [-0.3, -0.25) is 4.98 Å². The van der Waals surface area contributed by atoms with Gasteiger partial charge >= 0.3 is 0 Å². The summed E-state index contributed by atoms with van der Waals surface area (Å²) >= 11 is 0. The van der Waals surface area contributed by atoms with Crippen LogP contribution in [0.5, 0.6) is 0 Å². The molecular formula is C12H19N3O. The third-order valence-electron chi connectivity index (χ3n) is 2.42. The number of nitrogens with zero attached hydrogens (tertiary/aromatic N) is 1. The Balaban J connectivity index is 2.26. The van der Waals surface area contributed by atoms with E-state index >= 15 is 0 Å². The third kappa shape index (κ3) is 5.00. The first kappa shape index (κ1) is 12.8. The number of nitrogens with one attached hydrogen (secondary N) is 1. The van der Waals surface area contributed by atoms with E-state index in [1.54, 1.807) is 12.4 Å². The van der Waals surface area contributed by atoms with Crippen LogP contribution in [-0.4, -0.2) is 23.9 Å². The normalized spacial score (nSPS) is 12.3. The minimum Gasteiger partial charge on any atom is -0.330 e. The number of rotatable bonds is 8. The van der Waals surface area contributed by atoms with E-state index in [4.69, 9.17) is 5.73 Å². The van der Waals surface area contributed by atoms with E-state index in [1.807, 2.05) is 12.1 Å². The number of aldehydes is 1. The highest BCUT2D eigenvalue weighted by atomic mass is 16.1. The topological polar surface area (TPSA) is 68.0 Å². The van der Waals surface area contributed by atoms with Crippen LogP contribution in [0.3, 0.4) is 0 Å². The fourth-order valence-corrected chi connectivity index (χ4v) is 1.48. The average Bonchev–Trinajstić information content (AvgIpc) is 2.35. The van der Waals surface area contributed by atoms with Crippen molar-refractivity contribution in [1.82, 2.24) is 10.3 Å². The minimum atomic E-state index is -0.0771. The Morgan fingerprint density at radius 3 is 3.00 bits per heavy atom. The highest BCUT2D eigenvalue weighted by Gasteiger charge is 2.05. The van der Waals surface area contributed by atoms with E-state index in [9.17, 15) is 4.79 Å². The van der Waals surface area contributed by atoms with E-state index in [2.05, 4.69) is 10.3 Å². The quantitative estimate of drug-likeness (QED) is 0.505. The van der Waals surface area contributed by atoms with Gasteiger partial charge < -0.3 is 15.8 Å². The Bertz CT molecular complexity index is 290. The molecule has 0 saturated heterocycles. The summed E-state index contributed by atoms with van der Waals surface area (Å²) in [6, 6.07) is 3.80. The zero-order chi connectivity index (χ0) is 11.6. The van der Waals surface area contributed by atoms with Gasteiger partial charge in [-0.05, 0) is 31.0 Å². The van der Waals surface area contributed by atoms with Crippen molar-refractivity contribution in [2.75, 3.05) is 6.54 Å². The molecule has 0 aliphatic carbocycles. The summed E-state index contributed by atoms with van der Waals surface area (Å²) in [4.78, 5) is 14.8. The third-order valence-corrected chi connectivity index (χ3v) is 2.42. The summed E-state index contributed by atoms with van der Waals surface area (Å²) in [5.41, 5.74) is 6.50. The van der Waals surface area contributed by atoms with E-state index in [0.29, 0.717) is 13.1 Å². The molecule has 0 fully saturated rings. The van der Waals surface area contributed by atoms with Crippen LogP contribution in [0.1, 0.15) is 24.8 Å².